The summed E-state index contributed by atoms with van der Waals surface area (Å²) in [5, 5.41) is 12.5. The van der Waals surface area contributed by atoms with E-state index in [0.29, 0.717) is 13.1 Å². The topological polar surface area (TPSA) is 86.7 Å². The number of nitrogens with zero attached hydrogens (tertiary/aromatic N) is 1. The Morgan fingerprint density at radius 1 is 1.50 bits per heavy atom. The Bertz CT molecular complexity index is 355. The number of likely N-dealkylation sites (N-methyl/N-ethyl adjacent to an activating group) is 1. The third-order valence-corrected chi connectivity index (χ3v) is 3.67. The lowest BCUT2D eigenvalue weighted by Crippen LogP contribution is -2.44. The molecule has 1 amide bonds. The highest BCUT2D eigenvalue weighted by Gasteiger charge is 2.31. The molecule has 1 fully saturated rings. The van der Waals surface area contributed by atoms with Gasteiger partial charge in [-0.25, -0.2) is 8.42 Å². The van der Waals surface area contributed by atoms with Crippen molar-refractivity contribution in [1.29, 1.82) is 0 Å². The molecule has 6 nitrogen and oxygen atoms in total. The molecule has 0 bridgehead atoms. The molecule has 0 saturated carbocycles. The van der Waals surface area contributed by atoms with Crippen molar-refractivity contribution in [1.82, 2.24) is 10.2 Å². The van der Waals surface area contributed by atoms with Crippen LogP contribution in [-0.4, -0.2) is 68.6 Å². The summed E-state index contributed by atoms with van der Waals surface area (Å²) in [5.41, 5.74) is 0. The van der Waals surface area contributed by atoms with Gasteiger partial charge in [0, 0.05) is 32.8 Å². The quantitative estimate of drug-likeness (QED) is 0.615. The monoisotopic (exact) mass is 250 g/mol. The molecule has 1 aliphatic rings. The van der Waals surface area contributed by atoms with Crippen LogP contribution in [0.25, 0.3) is 0 Å². The zero-order chi connectivity index (χ0) is 12.3. The van der Waals surface area contributed by atoms with Gasteiger partial charge in [0.1, 0.15) is 9.84 Å². The van der Waals surface area contributed by atoms with Crippen molar-refractivity contribution in [3.05, 3.63) is 0 Å². The summed E-state index contributed by atoms with van der Waals surface area (Å²) in [4.78, 5) is 13.1. The average Bonchev–Trinajstić information content (AvgIpc) is 2.58. The van der Waals surface area contributed by atoms with Gasteiger partial charge in [0.2, 0.25) is 5.91 Å². The number of hydrogen-bond acceptors (Lipinski definition) is 5. The highest BCUT2D eigenvalue weighted by atomic mass is 32.2. The fourth-order valence-corrected chi connectivity index (χ4v) is 2.23. The zero-order valence-electron chi connectivity index (χ0n) is 9.51. The summed E-state index contributed by atoms with van der Waals surface area (Å²) in [7, 11) is -1.53. The van der Waals surface area contributed by atoms with Crippen LogP contribution in [0, 0.1) is 0 Å². The van der Waals surface area contributed by atoms with E-state index in [2.05, 4.69) is 5.32 Å². The van der Waals surface area contributed by atoms with Gasteiger partial charge in [0.05, 0.1) is 17.9 Å². The first-order valence-corrected chi connectivity index (χ1v) is 7.19. The molecule has 1 saturated heterocycles. The van der Waals surface area contributed by atoms with Crippen molar-refractivity contribution in [2.75, 3.05) is 32.1 Å². The Hall–Kier alpha value is -0.660. The van der Waals surface area contributed by atoms with Crippen LogP contribution in [0.5, 0.6) is 0 Å². The minimum atomic E-state index is -3.12. The summed E-state index contributed by atoms with van der Waals surface area (Å²) in [6.45, 7) is 1.01. The summed E-state index contributed by atoms with van der Waals surface area (Å²) in [6, 6.07) is -0.257. The molecule has 0 aromatic carbocycles. The molecule has 2 N–H and O–H groups in total. The van der Waals surface area contributed by atoms with Gasteiger partial charge >= 0.3 is 0 Å². The van der Waals surface area contributed by atoms with Crippen molar-refractivity contribution in [3.63, 3.8) is 0 Å². The lowest BCUT2D eigenvalue weighted by molar-refractivity contribution is -0.132. The highest BCUT2D eigenvalue weighted by molar-refractivity contribution is 7.90. The Labute approximate surface area is 95.5 Å². The molecule has 1 heterocycles. The predicted octanol–water partition coefficient (Wildman–Crippen LogP) is -1.79. The molecule has 0 aromatic heterocycles. The van der Waals surface area contributed by atoms with Crippen LogP contribution >= 0.6 is 0 Å². The largest absolute Gasteiger partial charge is 0.390 e. The molecule has 0 aromatic rings. The number of nitrogens with one attached hydrogen (secondary N) is 1. The third kappa shape index (κ3) is 3.73. The summed E-state index contributed by atoms with van der Waals surface area (Å²) >= 11 is 0. The maximum Gasteiger partial charge on any atom is 0.223 e. The molecule has 0 radical (unpaired) electrons. The van der Waals surface area contributed by atoms with Crippen LogP contribution < -0.4 is 5.32 Å². The van der Waals surface area contributed by atoms with Gasteiger partial charge in [0.25, 0.3) is 0 Å². The number of carbonyl (C=O) groups excluding carboxylic acids is 1. The van der Waals surface area contributed by atoms with E-state index < -0.39 is 15.9 Å². The van der Waals surface area contributed by atoms with Crippen LogP contribution in [0.15, 0.2) is 0 Å². The van der Waals surface area contributed by atoms with E-state index in [1.54, 1.807) is 7.05 Å². The van der Waals surface area contributed by atoms with Crippen molar-refractivity contribution < 1.29 is 18.3 Å². The van der Waals surface area contributed by atoms with E-state index in [1.165, 1.54) is 4.90 Å². The second-order valence-electron chi connectivity index (χ2n) is 4.18. The number of rotatable bonds is 4. The normalized spacial score (nSPS) is 25.7. The molecule has 16 heavy (non-hydrogen) atoms. The van der Waals surface area contributed by atoms with Crippen molar-refractivity contribution in [2.45, 2.75) is 18.6 Å². The molecule has 1 aliphatic heterocycles. The van der Waals surface area contributed by atoms with E-state index in [0.717, 1.165) is 6.26 Å². The molecule has 2 atom stereocenters. The SMILES string of the molecule is CN(C(=O)CCS(C)(=O)=O)[C@H]1CNC[C@@H]1O. The van der Waals surface area contributed by atoms with Crippen LogP contribution in [0.3, 0.4) is 0 Å². The van der Waals surface area contributed by atoms with E-state index >= 15 is 0 Å². The Balaban J connectivity index is 2.47. The van der Waals surface area contributed by atoms with E-state index in [4.69, 9.17) is 0 Å². The summed E-state index contributed by atoms with van der Waals surface area (Å²) in [5.74, 6) is -0.398. The van der Waals surface area contributed by atoms with E-state index in [1.807, 2.05) is 0 Å². The lowest BCUT2D eigenvalue weighted by atomic mass is 10.2. The first kappa shape index (κ1) is 13.4. The van der Waals surface area contributed by atoms with E-state index in [9.17, 15) is 18.3 Å². The first-order valence-electron chi connectivity index (χ1n) is 5.13. The van der Waals surface area contributed by atoms with Crippen LogP contribution in [0.1, 0.15) is 6.42 Å². The molecular weight excluding hydrogens is 232 g/mol. The molecular formula is C9H18N2O4S. The number of aliphatic hydroxyl groups is 1. The maximum absolute atomic E-state index is 11.6. The van der Waals surface area contributed by atoms with Crippen LogP contribution in [0.2, 0.25) is 0 Å². The number of carbonyl (C=O) groups is 1. The standard InChI is InChI=1S/C9H18N2O4S/c1-11(7-5-10-6-8(7)12)9(13)3-4-16(2,14)15/h7-8,10,12H,3-6H2,1-2H3/t7-,8-/m0/s1. The number of sulfone groups is 1. The average molecular weight is 250 g/mol. The van der Waals surface area contributed by atoms with Gasteiger partial charge in [-0.3, -0.25) is 4.79 Å². The fourth-order valence-electron chi connectivity index (χ4n) is 1.68. The van der Waals surface area contributed by atoms with Crippen LogP contribution in [-0.2, 0) is 14.6 Å². The molecule has 1 rings (SSSR count). The number of aliphatic hydroxyl groups excluding tert-OH is 1. The maximum atomic E-state index is 11.6. The summed E-state index contributed by atoms with van der Waals surface area (Å²) in [6.07, 6.45) is 0.498. The smallest absolute Gasteiger partial charge is 0.223 e. The van der Waals surface area contributed by atoms with Gasteiger partial charge < -0.3 is 15.3 Å². The Morgan fingerprint density at radius 2 is 2.12 bits per heavy atom. The minimum absolute atomic E-state index is 0.0292. The highest BCUT2D eigenvalue weighted by Crippen LogP contribution is 2.09. The minimum Gasteiger partial charge on any atom is -0.390 e. The van der Waals surface area contributed by atoms with Gasteiger partial charge in [-0.15, -0.1) is 0 Å². The molecule has 0 aliphatic carbocycles. The molecule has 7 heteroatoms. The van der Waals surface area contributed by atoms with Crippen molar-refractivity contribution in [3.8, 4) is 0 Å². The Morgan fingerprint density at radius 3 is 2.56 bits per heavy atom. The van der Waals surface area contributed by atoms with Gasteiger partial charge in [-0.1, -0.05) is 0 Å². The zero-order valence-corrected chi connectivity index (χ0v) is 10.3. The lowest BCUT2D eigenvalue weighted by Gasteiger charge is -2.26. The van der Waals surface area contributed by atoms with Crippen LogP contribution in [0.4, 0.5) is 0 Å². The van der Waals surface area contributed by atoms with Crippen molar-refractivity contribution in [2.24, 2.45) is 0 Å². The fraction of sp³-hybridized carbons (Fsp3) is 0.889. The van der Waals surface area contributed by atoms with E-state index in [-0.39, 0.29) is 24.1 Å². The van der Waals surface area contributed by atoms with Crippen molar-refractivity contribution >= 4 is 15.7 Å². The molecule has 94 valence electrons. The predicted molar refractivity (Wildman–Crippen MR) is 59.8 cm³/mol. The number of amides is 1. The number of hydrogen-bond donors (Lipinski definition) is 2. The second kappa shape index (κ2) is 5.11. The van der Waals surface area contributed by atoms with Gasteiger partial charge in [-0.05, 0) is 0 Å². The third-order valence-electron chi connectivity index (χ3n) is 2.73. The molecule has 0 unspecified atom stereocenters. The number of β-amino-alcohol motifs (C(OH)–C–C–N with tert-alkyl or cyclic N) is 1. The Kier molecular flexibility index (Phi) is 4.28. The summed E-state index contributed by atoms with van der Waals surface area (Å²) < 4.78 is 21.8. The first-order chi connectivity index (χ1) is 7.31. The molecule has 0 spiro atoms. The second-order valence-corrected chi connectivity index (χ2v) is 6.44. The van der Waals surface area contributed by atoms with Gasteiger partial charge in [0.15, 0.2) is 0 Å². The van der Waals surface area contributed by atoms with Gasteiger partial charge in [-0.2, -0.15) is 0 Å².